The maximum atomic E-state index is 13.6. The van der Waals surface area contributed by atoms with Crippen molar-refractivity contribution in [1.82, 2.24) is 40.0 Å². The van der Waals surface area contributed by atoms with E-state index in [4.69, 9.17) is 9.72 Å². The summed E-state index contributed by atoms with van der Waals surface area (Å²) >= 11 is 0. The lowest BCUT2D eigenvalue weighted by Gasteiger charge is -2.30. The fraction of sp³-hybridized carbons (Fsp3) is 0.361. The molecular weight excluding hydrogens is 608 g/mol. The molecule has 12 nitrogen and oxygen atoms in total. The summed E-state index contributed by atoms with van der Waals surface area (Å²) in [6.45, 7) is 5.18. The van der Waals surface area contributed by atoms with Crippen molar-refractivity contribution < 1.29 is 19.1 Å². The van der Waals surface area contributed by atoms with Crippen molar-refractivity contribution in [2.75, 3.05) is 20.2 Å². The SMILES string of the molecule is COC(=O)NC(C(=O)N1CCCC1c1ncc(-c2ccc(-c3ccc(-c4cnc(C5CCCN5C=O)[nH]4)cc3)c3cc[nH]c23)[nH]1)C(C)C. The molecule has 0 saturated carbocycles. The number of methoxy groups -OCH3 is 1. The Morgan fingerprint density at radius 2 is 1.56 bits per heavy atom. The molecule has 5 aromatic rings. The second kappa shape index (κ2) is 13.0. The number of nitrogens with one attached hydrogen (secondary N) is 4. The number of H-pyrrole nitrogens is 3. The number of rotatable bonds is 9. The predicted octanol–water partition coefficient (Wildman–Crippen LogP) is 5.95. The lowest BCUT2D eigenvalue weighted by atomic mass is 9.97. The van der Waals surface area contributed by atoms with Gasteiger partial charge in [0.1, 0.15) is 17.7 Å². The largest absolute Gasteiger partial charge is 0.453 e. The Morgan fingerprint density at radius 1 is 0.896 bits per heavy atom. The predicted molar refractivity (Wildman–Crippen MR) is 181 cm³/mol. The second-order valence-electron chi connectivity index (χ2n) is 12.9. The molecule has 48 heavy (non-hydrogen) atoms. The van der Waals surface area contributed by atoms with Gasteiger partial charge in [0.25, 0.3) is 0 Å². The number of aromatic amines is 3. The molecule has 7 rings (SSSR count). The molecule has 2 fully saturated rings. The van der Waals surface area contributed by atoms with Gasteiger partial charge in [-0.2, -0.15) is 0 Å². The number of aromatic nitrogens is 5. The first-order valence-corrected chi connectivity index (χ1v) is 16.5. The molecular formula is C36H40N8O4. The van der Waals surface area contributed by atoms with Gasteiger partial charge in [-0.3, -0.25) is 9.59 Å². The Hall–Kier alpha value is -5.39. The van der Waals surface area contributed by atoms with E-state index in [0.717, 1.165) is 94.8 Å². The van der Waals surface area contributed by atoms with Crippen molar-refractivity contribution >= 4 is 29.3 Å². The Kier molecular flexibility index (Phi) is 8.47. The van der Waals surface area contributed by atoms with Gasteiger partial charge in [0.2, 0.25) is 12.3 Å². The molecule has 2 aliphatic heterocycles. The molecule has 2 saturated heterocycles. The summed E-state index contributed by atoms with van der Waals surface area (Å²) in [5.41, 5.74) is 6.97. The number of carbonyl (C=O) groups is 3. The molecule has 0 bridgehead atoms. The Balaban J connectivity index is 1.11. The normalized spacial score (nSPS) is 18.5. The molecule has 3 unspecified atom stereocenters. The number of ether oxygens (including phenoxy) is 1. The summed E-state index contributed by atoms with van der Waals surface area (Å²) in [5, 5.41) is 3.79. The van der Waals surface area contributed by atoms with E-state index in [2.05, 4.69) is 67.7 Å². The Labute approximate surface area is 278 Å². The van der Waals surface area contributed by atoms with Crippen LogP contribution in [0.15, 0.2) is 61.1 Å². The molecule has 0 spiro atoms. The van der Waals surface area contributed by atoms with E-state index in [1.54, 1.807) is 4.90 Å². The van der Waals surface area contributed by atoms with Crippen LogP contribution in [-0.4, -0.2) is 79.4 Å². The summed E-state index contributed by atoms with van der Waals surface area (Å²) in [6, 6.07) is 13.8. The van der Waals surface area contributed by atoms with Crippen LogP contribution in [0.2, 0.25) is 0 Å². The van der Waals surface area contributed by atoms with Gasteiger partial charge >= 0.3 is 6.09 Å². The van der Waals surface area contributed by atoms with Gasteiger partial charge in [-0.15, -0.1) is 0 Å². The number of hydrogen-bond donors (Lipinski definition) is 4. The summed E-state index contributed by atoms with van der Waals surface area (Å²) in [4.78, 5) is 60.3. The van der Waals surface area contributed by atoms with Crippen LogP contribution in [0.3, 0.4) is 0 Å². The number of benzene rings is 2. The van der Waals surface area contributed by atoms with Crippen LogP contribution in [-0.2, 0) is 14.3 Å². The molecule has 2 aromatic carbocycles. The van der Waals surface area contributed by atoms with E-state index >= 15 is 0 Å². The third-order valence-electron chi connectivity index (χ3n) is 9.70. The fourth-order valence-electron chi connectivity index (χ4n) is 7.16. The smallest absolute Gasteiger partial charge is 0.407 e. The molecule has 3 amide bonds. The van der Waals surface area contributed by atoms with Gasteiger partial charge in [0.15, 0.2) is 0 Å². The maximum absolute atomic E-state index is 13.6. The van der Waals surface area contributed by atoms with E-state index in [9.17, 15) is 14.4 Å². The van der Waals surface area contributed by atoms with Crippen LogP contribution in [0.5, 0.6) is 0 Å². The van der Waals surface area contributed by atoms with E-state index in [1.807, 2.05) is 37.3 Å². The van der Waals surface area contributed by atoms with E-state index in [0.29, 0.717) is 6.54 Å². The Bertz CT molecular complexity index is 1940. The molecule has 3 aromatic heterocycles. The number of imidazole rings is 2. The minimum Gasteiger partial charge on any atom is -0.453 e. The fourth-order valence-corrected chi connectivity index (χ4v) is 7.16. The van der Waals surface area contributed by atoms with Crippen molar-refractivity contribution in [3.05, 3.63) is 72.7 Å². The topological polar surface area (TPSA) is 152 Å². The van der Waals surface area contributed by atoms with Gasteiger partial charge < -0.3 is 34.8 Å². The molecule has 3 atom stereocenters. The summed E-state index contributed by atoms with van der Waals surface area (Å²) in [7, 11) is 1.29. The van der Waals surface area contributed by atoms with Crippen LogP contribution < -0.4 is 5.32 Å². The summed E-state index contributed by atoms with van der Waals surface area (Å²) < 4.78 is 4.76. The number of alkyl carbamates (subject to hydrolysis) is 1. The zero-order chi connectivity index (χ0) is 33.4. The van der Waals surface area contributed by atoms with Crippen LogP contribution in [0.4, 0.5) is 4.79 Å². The molecule has 0 radical (unpaired) electrons. The zero-order valence-electron chi connectivity index (χ0n) is 27.3. The molecule has 5 heterocycles. The highest BCUT2D eigenvalue weighted by Crippen LogP contribution is 2.38. The quantitative estimate of drug-likeness (QED) is 0.145. The zero-order valence-corrected chi connectivity index (χ0v) is 27.3. The molecule has 2 aliphatic rings. The highest BCUT2D eigenvalue weighted by molar-refractivity contribution is 6.02. The van der Waals surface area contributed by atoms with Gasteiger partial charge in [0.05, 0.1) is 48.5 Å². The highest BCUT2D eigenvalue weighted by Gasteiger charge is 2.37. The van der Waals surface area contributed by atoms with E-state index in [1.165, 1.54) is 7.11 Å². The van der Waals surface area contributed by atoms with Crippen molar-refractivity contribution in [3.63, 3.8) is 0 Å². The summed E-state index contributed by atoms with van der Waals surface area (Å²) in [6.07, 6.45) is 9.44. The first-order valence-electron chi connectivity index (χ1n) is 16.5. The van der Waals surface area contributed by atoms with Gasteiger partial charge in [-0.05, 0) is 54.4 Å². The van der Waals surface area contributed by atoms with Gasteiger partial charge in [-0.25, -0.2) is 14.8 Å². The molecule has 0 aliphatic carbocycles. The molecule has 4 N–H and O–H groups in total. The molecule has 12 heteroatoms. The van der Waals surface area contributed by atoms with Crippen LogP contribution in [0.1, 0.15) is 63.3 Å². The van der Waals surface area contributed by atoms with Crippen molar-refractivity contribution in [1.29, 1.82) is 0 Å². The van der Waals surface area contributed by atoms with Crippen LogP contribution in [0.25, 0.3) is 44.5 Å². The van der Waals surface area contributed by atoms with Crippen molar-refractivity contribution in [3.8, 4) is 33.6 Å². The second-order valence-corrected chi connectivity index (χ2v) is 12.9. The number of likely N-dealkylation sites (tertiary alicyclic amines) is 2. The van der Waals surface area contributed by atoms with Gasteiger partial charge in [0, 0.05) is 30.2 Å². The third-order valence-corrected chi connectivity index (χ3v) is 9.70. The van der Waals surface area contributed by atoms with Gasteiger partial charge in [-0.1, -0.05) is 50.2 Å². The van der Waals surface area contributed by atoms with Crippen molar-refractivity contribution in [2.24, 2.45) is 5.92 Å². The van der Waals surface area contributed by atoms with E-state index < -0.39 is 12.1 Å². The first kappa shape index (κ1) is 31.2. The monoisotopic (exact) mass is 648 g/mol. The summed E-state index contributed by atoms with van der Waals surface area (Å²) in [5.74, 6) is 1.32. The number of nitrogens with zero attached hydrogens (tertiary/aromatic N) is 4. The minimum atomic E-state index is -0.684. The first-order chi connectivity index (χ1) is 23.4. The maximum Gasteiger partial charge on any atom is 0.407 e. The number of fused-ring (bicyclic) bond motifs is 1. The number of carbonyl (C=O) groups excluding carboxylic acids is 3. The average Bonchev–Trinajstić information content (AvgIpc) is 3.95. The van der Waals surface area contributed by atoms with Crippen LogP contribution >= 0.6 is 0 Å². The highest BCUT2D eigenvalue weighted by atomic mass is 16.5. The lowest BCUT2D eigenvalue weighted by Crippen LogP contribution is -2.51. The number of hydrogen-bond acceptors (Lipinski definition) is 6. The lowest BCUT2D eigenvalue weighted by molar-refractivity contribution is -0.135. The van der Waals surface area contributed by atoms with Crippen molar-refractivity contribution in [2.45, 2.75) is 57.7 Å². The standard InChI is InChI=1S/C36H40N8O4/c1-21(2)31(42-36(47)48-3)35(46)44-17-5-7-30(44)34-39-19-28(41-34)26-13-12-24(25-14-15-37-32(25)26)22-8-10-23(11-9-22)27-18-38-33(40-27)29-6-4-16-43(29)20-45/h8-15,18-21,29-31,37H,4-7,16-17H2,1-3H3,(H,38,40)(H,39,41)(H,42,47). The number of amides is 3. The van der Waals surface area contributed by atoms with Crippen LogP contribution in [0, 0.1) is 5.92 Å². The minimum absolute atomic E-state index is 0.00835. The Morgan fingerprint density at radius 3 is 2.31 bits per heavy atom. The average molecular weight is 649 g/mol. The molecule has 248 valence electrons. The van der Waals surface area contributed by atoms with E-state index in [-0.39, 0.29) is 23.9 Å². The third kappa shape index (κ3) is 5.71.